The summed E-state index contributed by atoms with van der Waals surface area (Å²) in [5, 5.41) is 5.29. The fourth-order valence-electron chi connectivity index (χ4n) is 2.17. The van der Waals surface area contributed by atoms with Crippen LogP contribution >= 0.6 is 0 Å². The van der Waals surface area contributed by atoms with Crippen molar-refractivity contribution in [2.75, 3.05) is 13.7 Å². The topological polar surface area (TPSA) is 59.6 Å². The molecule has 104 valence electrons. The smallest absolute Gasteiger partial charge is 0.314 e. The number of carbonyl (C=O) groups is 1. The van der Waals surface area contributed by atoms with E-state index in [-0.39, 0.29) is 12.1 Å². The van der Waals surface area contributed by atoms with Crippen molar-refractivity contribution < 1.29 is 14.3 Å². The minimum absolute atomic E-state index is 0.201. The molecule has 1 aromatic rings. The van der Waals surface area contributed by atoms with Crippen LogP contribution in [0.1, 0.15) is 25.0 Å². The predicted molar refractivity (Wildman–Crippen MR) is 72.7 cm³/mol. The van der Waals surface area contributed by atoms with Gasteiger partial charge < -0.3 is 20.1 Å². The van der Waals surface area contributed by atoms with Gasteiger partial charge in [0.15, 0.2) is 0 Å². The van der Waals surface area contributed by atoms with E-state index in [1.165, 1.54) is 5.56 Å². The summed E-state index contributed by atoms with van der Waals surface area (Å²) in [6, 6.07) is 3.76. The molecule has 0 fully saturated rings. The zero-order valence-corrected chi connectivity index (χ0v) is 11.6. The molecule has 5 heteroatoms. The number of rotatable bonds is 4. The van der Waals surface area contributed by atoms with Crippen LogP contribution in [0.4, 0.5) is 4.79 Å². The lowest BCUT2D eigenvalue weighted by Gasteiger charge is -2.13. The van der Waals surface area contributed by atoms with Gasteiger partial charge in [-0.1, -0.05) is 0 Å². The van der Waals surface area contributed by atoms with Crippen molar-refractivity contribution in [3.8, 4) is 11.5 Å². The number of hydrogen-bond donors (Lipinski definition) is 2. The first-order chi connectivity index (χ1) is 9.13. The number of ether oxygens (including phenoxy) is 2. The number of fused-ring (bicyclic) bond motifs is 1. The van der Waals surface area contributed by atoms with Crippen molar-refractivity contribution in [3.05, 3.63) is 23.3 Å². The molecule has 0 saturated heterocycles. The molecule has 0 aromatic heterocycles. The van der Waals surface area contributed by atoms with Crippen molar-refractivity contribution in [1.82, 2.24) is 10.6 Å². The maximum atomic E-state index is 11.2. The summed E-state index contributed by atoms with van der Waals surface area (Å²) in [5.74, 6) is 1.71. The molecule has 1 heterocycles. The fourth-order valence-corrected chi connectivity index (χ4v) is 2.17. The van der Waals surface area contributed by atoms with Gasteiger partial charge in [-0.3, -0.25) is 0 Å². The van der Waals surface area contributed by atoms with Gasteiger partial charge in [0.25, 0.3) is 0 Å². The Bertz CT molecular complexity index is 474. The van der Waals surface area contributed by atoms with Crippen LogP contribution in [-0.4, -0.2) is 25.8 Å². The van der Waals surface area contributed by atoms with E-state index in [4.69, 9.17) is 9.47 Å². The lowest BCUT2D eigenvalue weighted by atomic mass is 10.1. The maximum Gasteiger partial charge on any atom is 0.314 e. The van der Waals surface area contributed by atoms with Crippen LogP contribution in [0.15, 0.2) is 12.1 Å². The van der Waals surface area contributed by atoms with E-state index in [2.05, 4.69) is 10.6 Å². The molecule has 2 rings (SSSR count). The summed E-state index contributed by atoms with van der Waals surface area (Å²) in [4.78, 5) is 11.2. The number of benzene rings is 1. The van der Waals surface area contributed by atoms with Crippen LogP contribution in [0, 0.1) is 0 Å². The van der Waals surface area contributed by atoms with Gasteiger partial charge in [-0.2, -0.15) is 0 Å². The van der Waals surface area contributed by atoms with E-state index in [1.54, 1.807) is 7.05 Å². The number of hydrogen-bond acceptors (Lipinski definition) is 3. The first kappa shape index (κ1) is 13.5. The van der Waals surface area contributed by atoms with Gasteiger partial charge >= 0.3 is 6.03 Å². The molecule has 0 bridgehead atoms. The Morgan fingerprint density at radius 3 is 3.00 bits per heavy atom. The molecular formula is C14H20N2O3. The normalized spacial score (nSPS) is 16.5. The third-order valence-corrected chi connectivity index (χ3v) is 3.05. The second kappa shape index (κ2) is 5.82. The Kier molecular flexibility index (Phi) is 4.14. The zero-order chi connectivity index (χ0) is 13.8. The monoisotopic (exact) mass is 264 g/mol. The Labute approximate surface area is 113 Å². The summed E-state index contributed by atoms with van der Waals surface area (Å²) >= 11 is 0. The lowest BCUT2D eigenvalue weighted by molar-refractivity contribution is 0.242. The van der Waals surface area contributed by atoms with E-state index in [9.17, 15) is 4.79 Å². The molecular weight excluding hydrogens is 244 g/mol. The molecule has 5 nitrogen and oxygen atoms in total. The van der Waals surface area contributed by atoms with Crippen molar-refractivity contribution in [1.29, 1.82) is 0 Å². The largest absolute Gasteiger partial charge is 0.494 e. The summed E-state index contributed by atoms with van der Waals surface area (Å²) in [5.41, 5.74) is 2.10. The van der Waals surface area contributed by atoms with Crippen molar-refractivity contribution >= 4 is 6.03 Å². The van der Waals surface area contributed by atoms with Crippen LogP contribution in [0.5, 0.6) is 11.5 Å². The maximum absolute atomic E-state index is 11.2. The van der Waals surface area contributed by atoms with E-state index in [1.807, 2.05) is 26.0 Å². The first-order valence-electron chi connectivity index (χ1n) is 6.54. The molecule has 1 aliphatic heterocycles. The molecule has 0 radical (unpaired) electrons. The molecule has 2 amide bonds. The fraction of sp³-hybridized carbons (Fsp3) is 0.500. The van der Waals surface area contributed by atoms with Crippen LogP contribution in [0.25, 0.3) is 0 Å². The van der Waals surface area contributed by atoms with Crippen molar-refractivity contribution in [2.24, 2.45) is 0 Å². The molecule has 1 unspecified atom stereocenters. The summed E-state index contributed by atoms with van der Waals surface area (Å²) in [7, 11) is 1.59. The van der Waals surface area contributed by atoms with Gasteiger partial charge in [0.2, 0.25) is 0 Å². The van der Waals surface area contributed by atoms with E-state index in [0.717, 1.165) is 23.5 Å². The van der Waals surface area contributed by atoms with Gasteiger partial charge in [0.05, 0.1) is 6.61 Å². The highest BCUT2D eigenvalue weighted by atomic mass is 16.5. The first-order valence-corrected chi connectivity index (χ1v) is 6.54. The van der Waals surface area contributed by atoms with Gasteiger partial charge in [-0.15, -0.1) is 0 Å². The van der Waals surface area contributed by atoms with E-state index >= 15 is 0 Å². The average Bonchev–Trinajstić information content (AvgIpc) is 2.75. The second-order valence-corrected chi connectivity index (χ2v) is 4.57. The highest BCUT2D eigenvalue weighted by Gasteiger charge is 2.21. The highest BCUT2D eigenvalue weighted by molar-refractivity contribution is 5.73. The second-order valence-electron chi connectivity index (χ2n) is 4.57. The highest BCUT2D eigenvalue weighted by Crippen LogP contribution is 2.35. The SMILES string of the molecule is CCOc1cc2c(cc1CNC(=O)NC)OC(C)C2. The molecule has 0 aliphatic carbocycles. The third kappa shape index (κ3) is 3.10. The van der Waals surface area contributed by atoms with Crippen LogP contribution in [0.2, 0.25) is 0 Å². The molecule has 2 N–H and O–H groups in total. The minimum atomic E-state index is -0.211. The molecule has 1 atom stereocenters. The van der Waals surface area contributed by atoms with Crippen LogP contribution in [0.3, 0.4) is 0 Å². The Morgan fingerprint density at radius 2 is 2.32 bits per heavy atom. The summed E-state index contributed by atoms with van der Waals surface area (Å²) < 4.78 is 11.4. The minimum Gasteiger partial charge on any atom is -0.494 e. The van der Waals surface area contributed by atoms with Crippen molar-refractivity contribution in [3.63, 3.8) is 0 Å². The standard InChI is InChI=1S/C14H20N2O3/c1-4-18-12-6-10-5-9(2)19-13(10)7-11(12)8-16-14(17)15-3/h6-7,9H,4-5,8H2,1-3H3,(H2,15,16,17). The Hall–Kier alpha value is -1.91. The third-order valence-electron chi connectivity index (χ3n) is 3.05. The Morgan fingerprint density at radius 1 is 1.53 bits per heavy atom. The average molecular weight is 264 g/mol. The van der Waals surface area contributed by atoms with Gasteiger partial charge in [0.1, 0.15) is 17.6 Å². The zero-order valence-electron chi connectivity index (χ0n) is 11.6. The predicted octanol–water partition coefficient (Wildman–Crippen LogP) is 1.84. The quantitative estimate of drug-likeness (QED) is 0.872. The van der Waals surface area contributed by atoms with E-state index in [0.29, 0.717) is 13.2 Å². The van der Waals surface area contributed by atoms with Crippen LogP contribution < -0.4 is 20.1 Å². The summed E-state index contributed by atoms with van der Waals surface area (Å²) in [6.07, 6.45) is 1.10. The molecule has 1 aromatic carbocycles. The number of carbonyl (C=O) groups excluding carboxylic acids is 1. The summed E-state index contributed by atoms with van der Waals surface area (Å²) in [6.45, 7) is 5.01. The van der Waals surface area contributed by atoms with E-state index < -0.39 is 0 Å². The molecule has 0 spiro atoms. The van der Waals surface area contributed by atoms with Gasteiger partial charge in [-0.25, -0.2) is 4.79 Å². The number of urea groups is 1. The molecule has 0 saturated carbocycles. The van der Waals surface area contributed by atoms with Crippen LogP contribution in [-0.2, 0) is 13.0 Å². The number of amides is 2. The van der Waals surface area contributed by atoms with Crippen molar-refractivity contribution in [2.45, 2.75) is 32.9 Å². The Balaban J connectivity index is 2.20. The molecule has 1 aliphatic rings. The lowest BCUT2D eigenvalue weighted by Crippen LogP contribution is -2.32. The molecule has 19 heavy (non-hydrogen) atoms. The van der Waals surface area contributed by atoms with Gasteiger partial charge in [0, 0.05) is 31.1 Å². The number of nitrogens with one attached hydrogen (secondary N) is 2. The van der Waals surface area contributed by atoms with Gasteiger partial charge in [-0.05, 0) is 26.0 Å².